The van der Waals surface area contributed by atoms with Gasteiger partial charge in [-0.05, 0) is 60.0 Å². The number of methoxy groups -OCH3 is 1. The predicted octanol–water partition coefficient (Wildman–Crippen LogP) is 6.14. The number of benzene rings is 3. The monoisotopic (exact) mass is 526 g/mol. The maximum Gasteiger partial charge on any atom is 0.419 e. The van der Waals surface area contributed by atoms with Crippen LogP contribution in [0.4, 0.5) is 33.7 Å². The molecule has 0 saturated carbocycles. The van der Waals surface area contributed by atoms with Gasteiger partial charge in [0, 0.05) is 44.7 Å². The van der Waals surface area contributed by atoms with Crippen LogP contribution in [0.5, 0.6) is 0 Å². The second-order valence-corrected chi connectivity index (χ2v) is 8.96. The number of hydrogen-bond donors (Lipinski definition) is 1. The van der Waals surface area contributed by atoms with Gasteiger partial charge in [-0.1, -0.05) is 24.3 Å². The van der Waals surface area contributed by atoms with Gasteiger partial charge >= 0.3 is 12.2 Å². The molecule has 0 bridgehead atoms. The zero-order valence-corrected chi connectivity index (χ0v) is 20.6. The molecule has 1 fully saturated rings. The van der Waals surface area contributed by atoms with Gasteiger partial charge in [-0.3, -0.25) is 9.80 Å². The first-order valence-electron chi connectivity index (χ1n) is 12.0. The quantitative estimate of drug-likeness (QED) is 0.376. The molecule has 2 amide bonds. The van der Waals surface area contributed by atoms with Crippen LogP contribution in [0.2, 0.25) is 0 Å². The fourth-order valence-corrected chi connectivity index (χ4v) is 4.40. The summed E-state index contributed by atoms with van der Waals surface area (Å²) in [4.78, 5) is 16.9. The number of halogens is 4. The summed E-state index contributed by atoms with van der Waals surface area (Å²) < 4.78 is 58.7. The van der Waals surface area contributed by atoms with Gasteiger partial charge in [-0.25, -0.2) is 9.18 Å². The minimum atomic E-state index is -4.89. The minimum absolute atomic E-state index is 0.112. The van der Waals surface area contributed by atoms with E-state index in [4.69, 9.17) is 10.00 Å². The lowest BCUT2D eigenvalue weighted by Crippen LogP contribution is -2.41. The Balaban J connectivity index is 1.57. The van der Waals surface area contributed by atoms with E-state index in [1.165, 1.54) is 4.90 Å². The third-order valence-corrected chi connectivity index (χ3v) is 6.47. The number of ether oxygens (including phenoxy) is 1. The van der Waals surface area contributed by atoms with Crippen molar-refractivity contribution in [3.8, 4) is 17.2 Å². The molecule has 1 unspecified atom stereocenters. The normalized spacial score (nSPS) is 15.7. The molecule has 38 heavy (non-hydrogen) atoms. The highest BCUT2D eigenvalue weighted by molar-refractivity contribution is 6.02. The Morgan fingerprint density at radius 1 is 1.13 bits per heavy atom. The first-order valence-corrected chi connectivity index (χ1v) is 12.0. The molecule has 6 nitrogen and oxygen atoms in total. The number of carbonyl (C=O) groups is 1. The van der Waals surface area contributed by atoms with Gasteiger partial charge in [0.1, 0.15) is 5.82 Å². The van der Waals surface area contributed by atoms with Crippen molar-refractivity contribution in [3.05, 3.63) is 83.7 Å². The van der Waals surface area contributed by atoms with Gasteiger partial charge < -0.3 is 10.1 Å². The average Bonchev–Trinajstić information content (AvgIpc) is 3.38. The second kappa shape index (κ2) is 11.6. The van der Waals surface area contributed by atoms with Crippen molar-refractivity contribution >= 4 is 17.4 Å². The van der Waals surface area contributed by atoms with Gasteiger partial charge in [0.05, 0.1) is 23.3 Å². The van der Waals surface area contributed by atoms with Crippen LogP contribution in [0.3, 0.4) is 0 Å². The van der Waals surface area contributed by atoms with Crippen molar-refractivity contribution in [3.63, 3.8) is 0 Å². The van der Waals surface area contributed by atoms with E-state index in [9.17, 15) is 22.4 Å². The van der Waals surface area contributed by atoms with Crippen molar-refractivity contribution in [1.29, 1.82) is 5.26 Å². The standard InChI is InChI=1S/C28H26F4N4O2/c1-38-24-11-12-35(18-24)13-14-36(27(37)34-22-7-10-26(29)25(16-22)28(30,31)32)23-8-5-20(6-9-23)21-4-2-3-19(15-21)17-33/h2-10,15-16,24H,11-14,18H2,1H3,(H,34,37). The van der Waals surface area contributed by atoms with Crippen LogP contribution in [0.1, 0.15) is 17.5 Å². The Hall–Kier alpha value is -3.94. The average molecular weight is 527 g/mol. The molecule has 1 N–H and O–H groups in total. The number of anilines is 2. The summed E-state index contributed by atoms with van der Waals surface area (Å²) in [6.45, 7) is 2.30. The number of carbonyl (C=O) groups excluding carboxylic acids is 1. The summed E-state index contributed by atoms with van der Waals surface area (Å²) in [6, 6.07) is 18.0. The van der Waals surface area contributed by atoms with Crippen LogP contribution < -0.4 is 10.2 Å². The highest BCUT2D eigenvalue weighted by atomic mass is 19.4. The molecule has 198 valence electrons. The van der Waals surface area contributed by atoms with E-state index >= 15 is 0 Å². The highest BCUT2D eigenvalue weighted by Gasteiger charge is 2.34. The van der Waals surface area contributed by atoms with Crippen molar-refractivity contribution in [2.75, 3.05) is 43.5 Å². The molecule has 3 aromatic rings. The van der Waals surface area contributed by atoms with E-state index in [1.807, 2.05) is 18.2 Å². The largest absolute Gasteiger partial charge is 0.419 e. The molecule has 0 aliphatic carbocycles. The molecular weight excluding hydrogens is 500 g/mol. The van der Waals surface area contributed by atoms with Gasteiger partial charge in [-0.15, -0.1) is 0 Å². The lowest BCUT2D eigenvalue weighted by Gasteiger charge is -2.26. The number of nitriles is 1. The number of urea groups is 1. The molecule has 1 aliphatic heterocycles. The summed E-state index contributed by atoms with van der Waals surface area (Å²) in [5, 5.41) is 11.6. The number of alkyl halides is 3. The Kier molecular flexibility index (Phi) is 8.29. The molecule has 1 aliphatic rings. The molecule has 0 radical (unpaired) electrons. The molecule has 0 spiro atoms. The minimum Gasteiger partial charge on any atom is -0.380 e. The highest BCUT2D eigenvalue weighted by Crippen LogP contribution is 2.33. The van der Waals surface area contributed by atoms with Crippen LogP contribution >= 0.6 is 0 Å². The van der Waals surface area contributed by atoms with Crippen molar-refractivity contribution in [1.82, 2.24) is 4.90 Å². The third kappa shape index (κ3) is 6.49. The summed E-state index contributed by atoms with van der Waals surface area (Å²) in [5.74, 6) is -1.41. The Bertz CT molecular complexity index is 1320. The molecule has 1 saturated heterocycles. The second-order valence-electron chi connectivity index (χ2n) is 8.96. The number of rotatable bonds is 7. The summed E-state index contributed by atoms with van der Waals surface area (Å²) in [5.41, 5.74) is 1.10. The van der Waals surface area contributed by atoms with Gasteiger partial charge in [0.25, 0.3) is 0 Å². The Morgan fingerprint density at radius 3 is 2.55 bits per heavy atom. The SMILES string of the molecule is COC1CCN(CCN(C(=O)Nc2ccc(F)c(C(F)(F)F)c2)c2ccc(-c3cccc(C#N)c3)cc2)C1. The Labute approximate surface area is 218 Å². The van der Waals surface area contributed by atoms with Gasteiger partial charge in [0.15, 0.2) is 0 Å². The van der Waals surface area contributed by atoms with Crippen LogP contribution in [0.25, 0.3) is 11.1 Å². The number of amides is 2. The fourth-order valence-electron chi connectivity index (χ4n) is 4.40. The Morgan fingerprint density at radius 2 is 1.89 bits per heavy atom. The third-order valence-electron chi connectivity index (χ3n) is 6.47. The predicted molar refractivity (Wildman–Crippen MR) is 136 cm³/mol. The van der Waals surface area contributed by atoms with E-state index in [1.54, 1.807) is 37.4 Å². The van der Waals surface area contributed by atoms with E-state index in [0.29, 0.717) is 36.5 Å². The molecular formula is C28H26F4N4O2. The molecule has 10 heteroatoms. The first kappa shape index (κ1) is 27.1. The lowest BCUT2D eigenvalue weighted by atomic mass is 10.0. The van der Waals surface area contributed by atoms with E-state index in [-0.39, 0.29) is 18.3 Å². The summed E-state index contributed by atoms with van der Waals surface area (Å²) in [7, 11) is 1.65. The smallest absolute Gasteiger partial charge is 0.380 e. The van der Waals surface area contributed by atoms with Gasteiger partial charge in [-0.2, -0.15) is 18.4 Å². The molecule has 4 rings (SSSR count). The number of nitrogens with zero attached hydrogens (tertiary/aromatic N) is 3. The topological polar surface area (TPSA) is 68.6 Å². The summed E-state index contributed by atoms with van der Waals surface area (Å²) in [6.07, 6.45) is -3.91. The van der Waals surface area contributed by atoms with E-state index in [0.717, 1.165) is 30.2 Å². The molecule has 1 atom stereocenters. The molecule has 1 heterocycles. The lowest BCUT2D eigenvalue weighted by molar-refractivity contribution is -0.139. The number of hydrogen-bond acceptors (Lipinski definition) is 4. The zero-order chi connectivity index (χ0) is 27.3. The maximum atomic E-state index is 13.7. The number of nitrogens with one attached hydrogen (secondary N) is 1. The molecule has 0 aromatic heterocycles. The van der Waals surface area contributed by atoms with Crippen molar-refractivity contribution in [2.45, 2.75) is 18.7 Å². The molecule has 3 aromatic carbocycles. The number of likely N-dealkylation sites (tertiary alicyclic amines) is 1. The first-order chi connectivity index (χ1) is 18.2. The summed E-state index contributed by atoms with van der Waals surface area (Å²) >= 11 is 0. The fraction of sp³-hybridized carbons (Fsp3) is 0.286. The van der Waals surface area contributed by atoms with Crippen LogP contribution in [0.15, 0.2) is 66.7 Å². The van der Waals surface area contributed by atoms with Crippen LogP contribution in [-0.4, -0.2) is 50.3 Å². The maximum absolute atomic E-state index is 13.7. The van der Waals surface area contributed by atoms with E-state index < -0.39 is 23.6 Å². The van der Waals surface area contributed by atoms with Crippen LogP contribution in [-0.2, 0) is 10.9 Å². The van der Waals surface area contributed by atoms with Crippen LogP contribution in [0, 0.1) is 17.1 Å². The van der Waals surface area contributed by atoms with Crippen molar-refractivity contribution in [2.24, 2.45) is 0 Å². The van der Waals surface area contributed by atoms with E-state index in [2.05, 4.69) is 16.3 Å². The zero-order valence-electron chi connectivity index (χ0n) is 20.6. The van der Waals surface area contributed by atoms with Crippen molar-refractivity contribution < 1.29 is 27.1 Å². The van der Waals surface area contributed by atoms with Gasteiger partial charge in [0.2, 0.25) is 0 Å².